The molecule has 0 amide bonds. The highest BCUT2D eigenvalue weighted by atomic mass is 15.0. The number of aryl methyl sites for hydroxylation is 2. The standard InChI is InChI=1S/C58H36N2/c1-33-19-43-21-46(60-55-29-41-17-9-5-13-37(41)25-51(55)52-26-38-14-6-10-18-42(38)30-56(52)60)32-48-34(2)20-44-22-45(31-47(33)57(44)58(43)48)59-53-27-39-15-7-3-11-35(39)23-49(53)50-24-36-12-4-8-16-40(36)28-54(50)59/h3-32H,1-2H3/i1D3,2D3. The fourth-order valence-corrected chi connectivity index (χ4v) is 10.6. The van der Waals surface area contributed by atoms with Gasteiger partial charge >= 0.3 is 0 Å². The second kappa shape index (κ2) is 11.5. The van der Waals surface area contributed by atoms with Gasteiger partial charge in [-0.2, -0.15) is 0 Å². The van der Waals surface area contributed by atoms with Crippen molar-refractivity contribution in [1.82, 2.24) is 9.13 Å². The van der Waals surface area contributed by atoms with Crippen molar-refractivity contribution in [2.45, 2.75) is 13.7 Å². The number of fused-ring (bicyclic) bond motifs is 10. The zero-order chi connectivity index (χ0) is 44.4. The van der Waals surface area contributed by atoms with Crippen LogP contribution in [-0.4, -0.2) is 9.13 Å². The molecule has 0 aliphatic carbocycles. The Morgan fingerprint density at radius 3 is 0.850 bits per heavy atom. The van der Waals surface area contributed by atoms with E-state index in [4.69, 9.17) is 8.22 Å². The van der Waals surface area contributed by atoms with E-state index in [0.29, 0.717) is 21.5 Å². The molecule has 0 radical (unpaired) electrons. The Balaban J connectivity index is 1.12. The molecule has 0 bridgehead atoms. The fourth-order valence-electron chi connectivity index (χ4n) is 10.6. The van der Waals surface area contributed by atoms with Gasteiger partial charge in [0, 0.05) is 41.1 Å². The molecule has 60 heavy (non-hydrogen) atoms. The molecule has 0 fully saturated rings. The summed E-state index contributed by atoms with van der Waals surface area (Å²) < 4.78 is 58.9. The molecule has 2 aromatic heterocycles. The Morgan fingerprint density at radius 2 is 0.567 bits per heavy atom. The topological polar surface area (TPSA) is 9.86 Å². The van der Waals surface area contributed by atoms with Gasteiger partial charge in [-0.05, 0) is 173 Å². The average Bonchev–Trinajstić information content (AvgIpc) is 3.78. The van der Waals surface area contributed by atoms with E-state index in [-0.39, 0.29) is 11.1 Å². The lowest BCUT2D eigenvalue weighted by atomic mass is 9.88. The van der Waals surface area contributed by atoms with Crippen molar-refractivity contribution in [1.29, 1.82) is 0 Å². The Morgan fingerprint density at radius 1 is 0.283 bits per heavy atom. The fraction of sp³-hybridized carbons (Fsp3) is 0.0345. The predicted octanol–water partition coefficient (Wildman–Crippen LogP) is 16.0. The van der Waals surface area contributed by atoms with Gasteiger partial charge in [-0.3, -0.25) is 0 Å². The first-order valence-electron chi connectivity index (χ1n) is 23.5. The Hall–Kier alpha value is -7.68. The molecule has 2 heteroatoms. The first-order chi connectivity index (χ1) is 31.9. The lowest BCUT2D eigenvalue weighted by Crippen LogP contribution is -1.99. The van der Waals surface area contributed by atoms with Crippen LogP contribution in [0.4, 0.5) is 0 Å². The third-order valence-electron chi connectivity index (χ3n) is 13.3. The summed E-state index contributed by atoms with van der Waals surface area (Å²) in [6.07, 6.45) is 0. The van der Waals surface area contributed by atoms with Crippen molar-refractivity contribution in [3.05, 3.63) is 193 Å². The Kier molecular flexibility index (Phi) is 5.19. The molecule has 12 aromatic carbocycles. The lowest BCUT2D eigenvalue weighted by Gasteiger charge is -2.19. The quantitative estimate of drug-likeness (QED) is 0.155. The van der Waals surface area contributed by atoms with Gasteiger partial charge in [-0.25, -0.2) is 0 Å². The summed E-state index contributed by atoms with van der Waals surface area (Å²) in [5, 5.41) is 17.2. The minimum absolute atomic E-state index is 0.220. The van der Waals surface area contributed by atoms with Gasteiger partial charge in [-0.1, -0.05) is 109 Å². The van der Waals surface area contributed by atoms with Crippen LogP contribution in [0.2, 0.25) is 0 Å². The highest BCUT2D eigenvalue weighted by Gasteiger charge is 2.21. The highest BCUT2D eigenvalue weighted by Crippen LogP contribution is 2.45. The van der Waals surface area contributed by atoms with Crippen LogP contribution in [0.15, 0.2) is 182 Å². The van der Waals surface area contributed by atoms with Gasteiger partial charge < -0.3 is 9.13 Å². The summed E-state index contributed by atoms with van der Waals surface area (Å²) in [5.74, 6) is 0. The normalized spacial score (nSPS) is 14.4. The molecule has 0 unspecified atom stereocenters. The van der Waals surface area contributed by atoms with E-state index in [0.717, 1.165) is 109 Å². The average molecular weight is 767 g/mol. The third-order valence-corrected chi connectivity index (χ3v) is 13.3. The van der Waals surface area contributed by atoms with E-state index >= 15 is 0 Å². The van der Waals surface area contributed by atoms with Crippen LogP contribution >= 0.6 is 0 Å². The molecule has 2 nitrogen and oxygen atoms in total. The minimum Gasteiger partial charge on any atom is -0.309 e. The van der Waals surface area contributed by atoms with Crippen molar-refractivity contribution < 1.29 is 8.22 Å². The first-order valence-corrected chi connectivity index (χ1v) is 20.5. The van der Waals surface area contributed by atoms with Crippen LogP contribution in [-0.2, 0) is 0 Å². The number of benzene rings is 12. The summed E-state index contributed by atoms with van der Waals surface area (Å²) in [6, 6.07) is 62.8. The zero-order valence-electron chi connectivity index (χ0n) is 38.2. The van der Waals surface area contributed by atoms with Gasteiger partial charge in [0.25, 0.3) is 0 Å². The molecule has 0 aliphatic heterocycles. The monoisotopic (exact) mass is 766 g/mol. The summed E-state index contributed by atoms with van der Waals surface area (Å²) in [6.45, 7) is -4.99. The molecule has 278 valence electrons. The SMILES string of the molecule is [2H]C([2H])([2H])c1cc2cc(-n3c4cc5ccccc5cc4c4cc5ccccc5cc43)cc3c(C([2H])([2H])[2H])cc4cc(-n5c6cc7ccccc7cc6c6cc7ccccc7cc65)cc1c4c23. The Labute approximate surface area is 353 Å². The molecule has 0 aliphatic rings. The number of rotatable bonds is 2. The maximum Gasteiger partial charge on any atom is 0.0547 e. The highest BCUT2D eigenvalue weighted by molar-refractivity contribution is 6.26. The number of hydrogen-bond donors (Lipinski definition) is 0. The van der Waals surface area contributed by atoms with E-state index in [9.17, 15) is 0 Å². The van der Waals surface area contributed by atoms with E-state index in [1.807, 2.05) is 36.4 Å². The predicted molar refractivity (Wildman–Crippen MR) is 258 cm³/mol. The zero-order valence-corrected chi connectivity index (χ0v) is 32.2. The van der Waals surface area contributed by atoms with Crippen LogP contribution in [0.5, 0.6) is 0 Å². The van der Waals surface area contributed by atoms with Gasteiger partial charge in [0.05, 0.1) is 22.1 Å². The van der Waals surface area contributed by atoms with E-state index in [2.05, 4.69) is 143 Å². The van der Waals surface area contributed by atoms with Crippen molar-refractivity contribution in [3.8, 4) is 11.4 Å². The summed E-state index contributed by atoms with van der Waals surface area (Å²) >= 11 is 0. The van der Waals surface area contributed by atoms with Crippen LogP contribution in [0.25, 0.3) is 130 Å². The molecule has 0 atom stereocenters. The largest absolute Gasteiger partial charge is 0.309 e. The van der Waals surface area contributed by atoms with E-state index in [1.54, 1.807) is 12.1 Å². The van der Waals surface area contributed by atoms with E-state index in [1.165, 1.54) is 0 Å². The van der Waals surface area contributed by atoms with Gasteiger partial charge in [0.15, 0.2) is 0 Å². The van der Waals surface area contributed by atoms with Crippen molar-refractivity contribution in [2.24, 2.45) is 0 Å². The van der Waals surface area contributed by atoms with E-state index < -0.39 is 13.7 Å². The van der Waals surface area contributed by atoms with Crippen LogP contribution in [0, 0.1) is 13.7 Å². The van der Waals surface area contributed by atoms with Crippen molar-refractivity contribution in [3.63, 3.8) is 0 Å². The maximum atomic E-state index is 9.08. The smallest absolute Gasteiger partial charge is 0.0547 e. The van der Waals surface area contributed by atoms with Crippen LogP contribution in [0.1, 0.15) is 19.4 Å². The Bertz CT molecular complexity index is 3960. The number of nitrogens with zero attached hydrogens (tertiary/aromatic N) is 2. The molecular weight excluding hydrogens is 725 g/mol. The third kappa shape index (κ3) is 4.32. The maximum absolute atomic E-state index is 9.08. The number of aromatic nitrogens is 2. The molecule has 14 aromatic rings. The second-order valence-electron chi connectivity index (χ2n) is 16.6. The molecule has 0 saturated carbocycles. The second-order valence-corrected chi connectivity index (χ2v) is 16.6. The summed E-state index contributed by atoms with van der Waals surface area (Å²) in [4.78, 5) is 0. The van der Waals surface area contributed by atoms with Gasteiger partial charge in [-0.15, -0.1) is 0 Å². The van der Waals surface area contributed by atoms with Crippen LogP contribution in [0.3, 0.4) is 0 Å². The molecule has 2 heterocycles. The van der Waals surface area contributed by atoms with Gasteiger partial charge in [0.2, 0.25) is 0 Å². The van der Waals surface area contributed by atoms with Crippen LogP contribution < -0.4 is 0 Å². The molecule has 0 saturated heterocycles. The summed E-state index contributed by atoms with van der Waals surface area (Å²) in [7, 11) is 0. The summed E-state index contributed by atoms with van der Waals surface area (Å²) in [5.41, 5.74) is 5.89. The molecule has 0 N–H and O–H groups in total. The first kappa shape index (κ1) is 27.1. The molecule has 0 spiro atoms. The molecular formula is C58H36N2. The van der Waals surface area contributed by atoms with Crippen molar-refractivity contribution >= 4 is 119 Å². The molecule has 14 rings (SSSR count). The number of hydrogen-bond acceptors (Lipinski definition) is 0. The lowest BCUT2D eigenvalue weighted by molar-refractivity contribution is 1.19. The van der Waals surface area contributed by atoms with Crippen molar-refractivity contribution in [2.75, 3.05) is 0 Å². The van der Waals surface area contributed by atoms with Gasteiger partial charge in [0.1, 0.15) is 0 Å². The minimum atomic E-state index is -2.49.